The molecule has 0 atom stereocenters. The van der Waals surface area contributed by atoms with Crippen molar-refractivity contribution < 1.29 is 9.47 Å². The lowest BCUT2D eigenvalue weighted by Gasteiger charge is -2.18. The molecule has 0 amide bonds. The molecule has 3 aromatic heterocycles. The van der Waals surface area contributed by atoms with Gasteiger partial charge in [-0.1, -0.05) is 41.9 Å². The van der Waals surface area contributed by atoms with Crippen LogP contribution in [0.15, 0.2) is 65.3 Å². The summed E-state index contributed by atoms with van der Waals surface area (Å²) in [5.41, 5.74) is 6.62. The first-order valence-corrected chi connectivity index (χ1v) is 11.5. The lowest BCUT2D eigenvalue weighted by atomic mass is 10.1. The summed E-state index contributed by atoms with van der Waals surface area (Å²) in [5.74, 6) is 2.01. The smallest absolute Gasteiger partial charge is 0.163 e. The van der Waals surface area contributed by atoms with E-state index < -0.39 is 0 Å². The first-order valence-electron chi connectivity index (χ1n) is 10.2. The number of nitrogens with zero attached hydrogens (tertiary/aromatic N) is 4. The molecule has 4 heterocycles. The zero-order chi connectivity index (χ0) is 22.2. The molecule has 0 radical (unpaired) electrons. The molecule has 0 unspecified atom stereocenters. The second kappa shape index (κ2) is 8.31. The van der Waals surface area contributed by atoms with E-state index in [9.17, 15) is 0 Å². The number of halogens is 1. The SMILES string of the molecule is Clc1nc2cc3c(cc2cc1/C=N/Nc1ncnc2scc(-c4ccccc4)c12)OCCO3. The number of nitrogens with one attached hydrogen (secondary N) is 1. The minimum Gasteiger partial charge on any atom is -0.486 e. The molecule has 1 N–H and O–H groups in total. The second-order valence-electron chi connectivity index (χ2n) is 7.34. The molecule has 7 nitrogen and oxygen atoms in total. The summed E-state index contributed by atoms with van der Waals surface area (Å²) < 4.78 is 11.3. The minimum atomic E-state index is 0.345. The third-order valence-corrected chi connectivity index (χ3v) is 6.48. The monoisotopic (exact) mass is 473 g/mol. The average molecular weight is 474 g/mol. The summed E-state index contributed by atoms with van der Waals surface area (Å²) in [7, 11) is 0. The third-order valence-electron chi connectivity index (χ3n) is 5.29. The van der Waals surface area contributed by atoms with Gasteiger partial charge in [0.15, 0.2) is 17.3 Å². The van der Waals surface area contributed by atoms with Crippen LogP contribution in [0.25, 0.3) is 32.2 Å². The number of anilines is 1. The van der Waals surface area contributed by atoms with Crippen molar-refractivity contribution in [1.29, 1.82) is 0 Å². The number of hydrazone groups is 1. The van der Waals surface area contributed by atoms with Crippen LogP contribution in [0.4, 0.5) is 5.82 Å². The second-order valence-corrected chi connectivity index (χ2v) is 8.56. The summed E-state index contributed by atoms with van der Waals surface area (Å²) in [6.07, 6.45) is 3.16. The Bertz CT molecular complexity index is 1520. The van der Waals surface area contributed by atoms with Crippen molar-refractivity contribution in [1.82, 2.24) is 15.0 Å². The van der Waals surface area contributed by atoms with Crippen LogP contribution < -0.4 is 14.9 Å². The van der Waals surface area contributed by atoms with Crippen LogP contribution >= 0.6 is 22.9 Å². The molecule has 0 saturated heterocycles. The topological polar surface area (TPSA) is 81.5 Å². The Morgan fingerprint density at radius 1 is 1.03 bits per heavy atom. The minimum absolute atomic E-state index is 0.345. The summed E-state index contributed by atoms with van der Waals surface area (Å²) >= 11 is 8.00. The number of benzene rings is 2. The number of fused-ring (bicyclic) bond motifs is 3. The molecule has 1 aliphatic rings. The lowest BCUT2D eigenvalue weighted by Crippen LogP contribution is -2.15. The van der Waals surface area contributed by atoms with E-state index in [0.717, 1.165) is 32.2 Å². The van der Waals surface area contributed by atoms with Crippen LogP contribution in [0.5, 0.6) is 11.5 Å². The molecule has 0 saturated carbocycles. The molecule has 1 aliphatic heterocycles. The van der Waals surface area contributed by atoms with Crippen molar-refractivity contribution in [3.05, 3.63) is 71.0 Å². The maximum atomic E-state index is 6.42. The van der Waals surface area contributed by atoms with Gasteiger partial charge in [0, 0.05) is 28.0 Å². The molecular weight excluding hydrogens is 458 g/mol. The highest BCUT2D eigenvalue weighted by molar-refractivity contribution is 7.17. The van der Waals surface area contributed by atoms with Gasteiger partial charge in [-0.3, -0.25) is 5.43 Å². The fraction of sp³-hybridized carbons (Fsp3) is 0.0833. The molecular formula is C24H16ClN5O2S. The van der Waals surface area contributed by atoms with Crippen LogP contribution in [0.3, 0.4) is 0 Å². The Kier molecular flexibility index (Phi) is 5.01. The molecule has 6 rings (SSSR count). The van der Waals surface area contributed by atoms with Crippen LogP contribution in [-0.2, 0) is 0 Å². The van der Waals surface area contributed by atoms with Crippen molar-refractivity contribution in [2.75, 3.05) is 18.6 Å². The Morgan fingerprint density at radius 2 is 1.85 bits per heavy atom. The van der Waals surface area contributed by atoms with Crippen molar-refractivity contribution in [2.45, 2.75) is 0 Å². The number of pyridine rings is 1. The van der Waals surface area contributed by atoms with Crippen LogP contribution in [0, 0.1) is 0 Å². The van der Waals surface area contributed by atoms with Crippen LogP contribution in [0.2, 0.25) is 5.15 Å². The first kappa shape index (κ1) is 19.9. The summed E-state index contributed by atoms with van der Waals surface area (Å²) in [6, 6.07) is 15.8. The first-order chi connectivity index (χ1) is 16.3. The number of ether oxygens (including phenoxy) is 2. The molecule has 0 spiro atoms. The Balaban J connectivity index is 1.33. The fourth-order valence-electron chi connectivity index (χ4n) is 3.75. The number of thiophene rings is 1. The maximum Gasteiger partial charge on any atom is 0.163 e. The van der Waals surface area contributed by atoms with Crippen molar-refractivity contribution in [3.8, 4) is 22.6 Å². The molecule has 0 bridgehead atoms. The van der Waals surface area contributed by atoms with Crippen molar-refractivity contribution in [2.24, 2.45) is 5.10 Å². The molecule has 9 heteroatoms. The van der Waals surface area contributed by atoms with Gasteiger partial charge in [-0.15, -0.1) is 11.3 Å². The largest absolute Gasteiger partial charge is 0.486 e. The summed E-state index contributed by atoms with van der Waals surface area (Å²) in [5, 5.41) is 8.64. The normalized spacial score (nSPS) is 13.1. The van der Waals surface area contributed by atoms with Gasteiger partial charge in [-0.05, 0) is 17.7 Å². The third kappa shape index (κ3) is 3.73. The predicted octanol–water partition coefficient (Wildman–Crippen LogP) is 5.78. The van der Waals surface area contributed by atoms with Gasteiger partial charge in [-0.25, -0.2) is 15.0 Å². The van der Waals surface area contributed by atoms with E-state index >= 15 is 0 Å². The maximum absolute atomic E-state index is 6.42. The summed E-state index contributed by atoms with van der Waals surface area (Å²) in [6.45, 7) is 1.05. The van der Waals surface area contributed by atoms with E-state index in [1.165, 1.54) is 6.33 Å². The highest BCUT2D eigenvalue weighted by Crippen LogP contribution is 2.37. The van der Waals surface area contributed by atoms with E-state index in [1.807, 2.05) is 36.4 Å². The van der Waals surface area contributed by atoms with E-state index in [-0.39, 0.29) is 0 Å². The quantitative estimate of drug-likeness (QED) is 0.202. The molecule has 0 fully saturated rings. The Labute approximate surface area is 197 Å². The fourth-order valence-corrected chi connectivity index (χ4v) is 4.86. The average Bonchev–Trinajstić information content (AvgIpc) is 3.29. The zero-order valence-electron chi connectivity index (χ0n) is 17.2. The van der Waals surface area contributed by atoms with Gasteiger partial charge in [-0.2, -0.15) is 5.10 Å². The van der Waals surface area contributed by atoms with Gasteiger partial charge >= 0.3 is 0 Å². The highest BCUT2D eigenvalue weighted by Gasteiger charge is 2.15. The zero-order valence-corrected chi connectivity index (χ0v) is 18.7. The Morgan fingerprint density at radius 3 is 2.70 bits per heavy atom. The standard InChI is InChI=1S/C24H16ClN5O2S/c25-22-16(8-15-9-19-20(10-18(15)29-22)32-7-6-31-19)11-28-30-23-21-17(14-4-2-1-3-5-14)12-33-24(21)27-13-26-23/h1-5,8-13H,6-7H2,(H,26,27,30)/b28-11+. The molecule has 33 heavy (non-hydrogen) atoms. The van der Waals surface area contributed by atoms with Gasteiger partial charge in [0.25, 0.3) is 0 Å². The van der Waals surface area contributed by atoms with Crippen molar-refractivity contribution >= 4 is 56.1 Å². The van der Waals surface area contributed by atoms with Crippen LogP contribution in [0.1, 0.15) is 5.56 Å². The van der Waals surface area contributed by atoms with Gasteiger partial charge in [0.2, 0.25) is 0 Å². The predicted molar refractivity (Wildman–Crippen MR) is 132 cm³/mol. The van der Waals surface area contributed by atoms with Gasteiger partial charge in [0.05, 0.1) is 17.1 Å². The number of aromatic nitrogens is 3. The van der Waals surface area contributed by atoms with E-state index in [1.54, 1.807) is 17.6 Å². The number of hydrogen-bond donors (Lipinski definition) is 1. The van der Waals surface area contributed by atoms with E-state index in [4.69, 9.17) is 21.1 Å². The molecule has 2 aromatic carbocycles. The van der Waals surface area contributed by atoms with Gasteiger partial charge < -0.3 is 9.47 Å². The number of hydrogen-bond acceptors (Lipinski definition) is 8. The molecule has 5 aromatic rings. The van der Waals surface area contributed by atoms with Gasteiger partial charge in [0.1, 0.15) is 29.5 Å². The summed E-state index contributed by atoms with van der Waals surface area (Å²) in [4.78, 5) is 14.2. The molecule has 162 valence electrons. The van der Waals surface area contributed by atoms with Crippen molar-refractivity contribution in [3.63, 3.8) is 0 Å². The molecule has 0 aliphatic carbocycles. The number of rotatable bonds is 4. The van der Waals surface area contributed by atoms with E-state index in [0.29, 0.717) is 41.2 Å². The van der Waals surface area contributed by atoms with Crippen LogP contribution in [-0.4, -0.2) is 34.4 Å². The lowest BCUT2D eigenvalue weighted by molar-refractivity contribution is 0.172. The Hall–Kier alpha value is -3.75. The van der Waals surface area contributed by atoms with E-state index in [2.05, 4.69) is 43.0 Å². The highest BCUT2D eigenvalue weighted by atomic mass is 35.5.